The first-order valence-corrected chi connectivity index (χ1v) is 43.1. The van der Waals surface area contributed by atoms with Gasteiger partial charge < -0.3 is 33.8 Å². The fraction of sp³-hybridized carbons (Fsp3) is 0.948. The van der Waals surface area contributed by atoms with Crippen LogP contribution in [-0.2, 0) is 65.4 Å². The van der Waals surface area contributed by atoms with Gasteiger partial charge in [-0.3, -0.25) is 37.3 Å². The van der Waals surface area contributed by atoms with Crippen molar-refractivity contribution >= 4 is 39.5 Å². The lowest BCUT2D eigenvalue weighted by Crippen LogP contribution is -2.30. The Labute approximate surface area is 588 Å². The Morgan fingerprint density at radius 1 is 0.281 bits per heavy atom. The second-order valence-corrected chi connectivity index (χ2v) is 31.1. The number of phosphoric ester groups is 2. The van der Waals surface area contributed by atoms with Crippen molar-refractivity contribution in [2.24, 2.45) is 5.92 Å². The molecule has 0 saturated carbocycles. The van der Waals surface area contributed by atoms with Crippen LogP contribution in [0.2, 0.25) is 0 Å². The quantitative estimate of drug-likeness (QED) is 0.0222. The molecule has 0 aromatic rings. The van der Waals surface area contributed by atoms with Crippen molar-refractivity contribution in [1.29, 1.82) is 0 Å². The second kappa shape index (κ2) is 70.1. The number of rotatable bonds is 77. The molecule has 0 aromatic carbocycles. The predicted octanol–water partition coefficient (Wildman–Crippen LogP) is 22.9. The maximum Gasteiger partial charge on any atom is 0.472 e. The minimum absolute atomic E-state index is 0.107. The summed E-state index contributed by atoms with van der Waals surface area (Å²) in [5.74, 6) is -1.43. The summed E-state index contributed by atoms with van der Waals surface area (Å²) in [6, 6.07) is 0. The van der Waals surface area contributed by atoms with Crippen LogP contribution in [-0.4, -0.2) is 96.7 Å². The maximum absolute atomic E-state index is 13.1. The smallest absolute Gasteiger partial charge is 0.462 e. The van der Waals surface area contributed by atoms with E-state index in [1.54, 1.807) is 0 Å². The highest BCUT2D eigenvalue weighted by Gasteiger charge is 2.30. The summed E-state index contributed by atoms with van der Waals surface area (Å²) >= 11 is 0. The van der Waals surface area contributed by atoms with Gasteiger partial charge in [0.1, 0.15) is 19.3 Å². The van der Waals surface area contributed by atoms with Crippen LogP contribution in [0.1, 0.15) is 407 Å². The van der Waals surface area contributed by atoms with Crippen LogP contribution in [0.4, 0.5) is 0 Å². The summed E-state index contributed by atoms with van der Waals surface area (Å²) in [5, 5.41) is 10.6. The van der Waals surface area contributed by atoms with Crippen molar-refractivity contribution in [2.45, 2.75) is 425 Å². The van der Waals surface area contributed by atoms with E-state index in [0.717, 1.165) is 96.3 Å². The number of unbranched alkanes of at least 4 members (excludes halogenated alkanes) is 49. The molecule has 0 aliphatic carbocycles. The molecule has 0 aliphatic rings. The zero-order chi connectivity index (χ0) is 70.5. The number of phosphoric acid groups is 2. The molecule has 0 rings (SSSR count). The van der Waals surface area contributed by atoms with Gasteiger partial charge in [-0.15, -0.1) is 0 Å². The van der Waals surface area contributed by atoms with E-state index in [2.05, 4.69) is 34.6 Å². The SMILES string of the molecule is CCCCCCCCCCCCCCCCCCCCC(=O)O[C@H](COC(=O)CCCCCCCCCCCCCCCCC)COP(=O)(O)OC[C@@H](O)COP(=O)(O)OC[C@@H](COC(=O)CCCCCCCCC(C)C)OC(=O)CCCCCCCCCCCCCCCC. The fourth-order valence-corrected chi connectivity index (χ4v) is 13.5. The molecule has 0 aromatic heterocycles. The molecular weight excluding hydrogens is 1260 g/mol. The van der Waals surface area contributed by atoms with Gasteiger partial charge in [0.15, 0.2) is 12.2 Å². The molecule has 0 fully saturated rings. The van der Waals surface area contributed by atoms with Crippen LogP contribution >= 0.6 is 15.6 Å². The van der Waals surface area contributed by atoms with Crippen LogP contribution in [0.3, 0.4) is 0 Å². The highest BCUT2D eigenvalue weighted by Crippen LogP contribution is 2.45. The highest BCUT2D eigenvalue weighted by molar-refractivity contribution is 7.47. The van der Waals surface area contributed by atoms with E-state index in [-0.39, 0.29) is 25.7 Å². The Hall–Kier alpha value is -1.94. The monoisotopic (exact) mass is 1410 g/mol. The van der Waals surface area contributed by atoms with Crippen molar-refractivity contribution < 1.29 is 80.2 Å². The molecule has 0 bridgehead atoms. The topological polar surface area (TPSA) is 237 Å². The normalized spacial score (nSPS) is 13.9. The summed E-state index contributed by atoms with van der Waals surface area (Å²) in [5.41, 5.74) is 0. The summed E-state index contributed by atoms with van der Waals surface area (Å²) in [4.78, 5) is 72.8. The molecule has 19 heteroatoms. The van der Waals surface area contributed by atoms with Gasteiger partial charge in [-0.05, 0) is 31.6 Å². The molecule has 0 radical (unpaired) electrons. The Bertz CT molecular complexity index is 1840. The fourth-order valence-electron chi connectivity index (χ4n) is 11.9. The van der Waals surface area contributed by atoms with Gasteiger partial charge in [0, 0.05) is 25.7 Å². The lowest BCUT2D eigenvalue weighted by Gasteiger charge is -2.21. The summed E-state index contributed by atoms with van der Waals surface area (Å²) in [6.45, 7) is 7.23. The van der Waals surface area contributed by atoms with Gasteiger partial charge in [-0.1, -0.05) is 356 Å². The molecule has 570 valence electrons. The van der Waals surface area contributed by atoms with Crippen molar-refractivity contribution in [3.8, 4) is 0 Å². The zero-order valence-corrected chi connectivity index (χ0v) is 64.3. The highest BCUT2D eigenvalue weighted by atomic mass is 31.2. The lowest BCUT2D eigenvalue weighted by atomic mass is 10.0. The molecule has 3 N–H and O–H groups in total. The first kappa shape index (κ1) is 94.1. The lowest BCUT2D eigenvalue weighted by molar-refractivity contribution is -0.161. The number of ether oxygens (including phenoxy) is 4. The molecule has 0 amide bonds. The number of esters is 4. The number of hydrogen-bond donors (Lipinski definition) is 3. The van der Waals surface area contributed by atoms with E-state index in [9.17, 15) is 43.2 Å². The summed E-state index contributed by atoms with van der Waals surface area (Å²) in [7, 11) is -9.91. The van der Waals surface area contributed by atoms with Crippen LogP contribution in [0.25, 0.3) is 0 Å². The standard InChI is InChI=1S/C77H150O17P2/c1-6-9-12-15-18-21-24-27-30-31-32-34-37-40-43-46-53-58-63-76(81)93-72(66-87-74(79)60-55-50-44-41-38-36-33-28-25-22-19-16-13-10-7-2)68-91-95(83,84)89-64-71(78)65-90-96(85,86)92-69-73(67-88-75(80)61-56-51-48-47-49-54-59-70(4)5)94-77(82)62-57-52-45-42-39-35-29-26-23-20-17-14-11-8-3/h70-73,78H,6-69H2,1-5H3,(H,83,84)(H,85,86)/t71-,72-,73-/m1/s1. The molecule has 96 heavy (non-hydrogen) atoms. The van der Waals surface area contributed by atoms with E-state index in [0.29, 0.717) is 31.6 Å². The van der Waals surface area contributed by atoms with Crippen molar-refractivity contribution in [3.63, 3.8) is 0 Å². The van der Waals surface area contributed by atoms with E-state index in [1.165, 1.54) is 225 Å². The summed E-state index contributed by atoms with van der Waals surface area (Å²) in [6.07, 6.45) is 59.7. The van der Waals surface area contributed by atoms with E-state index in [4.69, 9.17) is 37.0 Å². The van der Waals surface area contributed by atoms with Gasteiger partial charge in [0.25, 0.3) is 0 Å². The molecule has 17 nitrogen and oxygen atoms in total. The van der Waals surface area contributed by atoms with Crippen LogP contribution < -0.4 is 0 Å². The predicted molar refractivity (Wildman–Crippen MR) is 391 cm³/mol. The van der Waals surface area contributed by atoms with Gasteiger partial charge in [-0.25, -0.2) is 9.13 Å². The second-order valence-electron chi connectivity index (χ2n) is 28.2. The Morgan fingerprint density at radius 3 is 0.708 bits per heavy atom. The van der Waals surface area contributed by atoms with E-state index < -0.39 is 97.5 Å². The molecule has 0 heterocycles. The van der Waals surface area contributed by atoms with E-state index >= 15 is 0 Å². The average molecular weight is 1410 g/mol. The number of carbonyl (C=O) groups is 4. The van der Waals surface area contributed by atoms with Gasteiger partial charge in [-0.2, -0.15) is 0 Å². The minimum Gasteiger partial charge on any atom is -0.462 e. The maximum atomic E-state index is 13.1. The van der Waals surface area contributed by atoms with Crippen molar-refractivity contribution in [3.05, 3.63) is 0 Å². The van der Waals surface area contributed by atoms with Crippen molar-refractivity contribution in [2.75, 3.05) is 39.6 Å². The number of carbonyl (C=O) groups excluding carboxylic acids is 4. The molecule has 0 saturated heterocycles. The Balaban J connectivity index is 5.23. The molecule has 0 spiro atoms. The Morgan fingerprint density at radius 2 is 0.479 bits per heavy atom. The Kier molecular flexibility index (Phi) is 68.7. The van der Waals surface area contributed by atoms with Gasteiger partial charge in [0.2, 0.25) is 0 Å². The van der Waals surface area contributed by atoms with Gasteiger partial charge >= 0.3 is 39.5 Å². The first-order valence-electron chi connectivity index (χ1n) is 40.1. The van der Waals surface area contributed by atoms with Crippen LogP contribution in [0, 0.1) is 5.92 Å². The molecule has 0 aliphatic heterocycles. The third kappa shape index (κ3) is 70.5. The van der Waals surface area contributed by atoms with E-state index in [1.807, 2.05) is 0 Å². The number of aliphatic hydroxyl groups is 1. The third-order valence-electron chi connectivity index (χ3n) is 18.0. The van der Waals surface area contributed by atoms with Crippen molar-refractivity contribution in [1.82, 2.24) is 0 Å². The molecule has 5 atom stereocenters. The zero-order valence-electron chi connectivity index (χ0n) is 62.5. The van der Waals surface area contributed by atoms with Crippen LogP contribution in [0.15, 0.2) is 0 Å². The molecular formula is C77H150O17P2. The first-order chi connectivity index (χ1) is 46.5. The third-order valence-corrected chi connectivity index (χ3v) is 19.9. The van der Waals surface area contributed by atoms with Crippen LogP contribution in [0.5, 0.6) is 0 Å². The van der Waals surface area contributed by atoms with Gasteiger partial charge in [0.05, 0.1) is 26.4 Å². The minimum atomic E-state index is -4.96. The summed E-state index contributed by atoms with van der Waals surface area (Å²) < 4.78 is 68.5. The average Bonchev–Trinajstić information content (AvgIpc) is 1.16. The number of hydrogen-bond acceptors (Lipinski definition) is 15. The number of aliphatic hydroxyl groups excluding tert-OH is 1. The molecule has 2 unspecified atom stereocenters. The largest absolute Gasteiger partial charge is 0.472 e.